The van der Waals surface area contributed by atoms with E-state index < -0.39 is 0 Å². The SMILES string of the molecule is CCOc1ccccc1CN1CCCC(C(=O)N(C)Cc2ccccc2)C1. The van der Waals surface area contributed by atoms with Crippen molar-refractivity contribution in [3.05, 3.63) is 65.7 Å². The largest absolute Gasteiger partial charge is 0.494 e. The second-order valence-corrected chi connectivity index (χ2v) is 7.29. The quantitative estimate of drug-likeness (QED) is 0.744. The van der Waals surface area contributed by atoms with Crippen molar-refractivity contribution in [1.29, 1.82) is 0 Å². The average molecular weight is 367 g/mol. The van der Waals surface area contributed by atoms with Crippen LogP contribution in [0, 0.1) is 5.92 Å². The van der Waals surface area contributed by atoms with Crippen molar-refractivity contribution >= 4 is 5.91 Å². The Labute approximate surface area is 162 Å². The highest BCUT2D eigenvalue weighted by Crippen LogP contribution is 2.24. The third kappa shape index (κ3) is 5.33. The number of nitrogens with zero attached hydrogens (tertiary/aromatic N) is 2. The number of hydrogen-bond acceptors (Lipinski definition) is 3. The zero-order valence-corrected chi connectivity index (χ0v) is 16.4. The highest BCUT2D eigenvalue weighted by atomic mass is 16.5. The zero-order valence-electron chi connectivity index (χ0n) is 16.4. The molecule has 144 valence electrons. The van der Waals surface area contributed by atoms with E-state index in [1.807, 2.05) is 49.2 Å². The number of amides is 1. The smallest absolute Gasteiger partial charge is 0.227 e. The van der Waals surface area contributed by atoms with E-state index >= 15 is 0 Å². The van der Waals surface area contributed by atoms with Gasteiger partial charge in [0, 0.05) is 32.2 Å². The van der Waals surface area contributed by atoms with E-state index in [1.165, 1.54) is 11.1 Å². The van der Waals surface area contributed by atoms with Crippen LogP contribution in [0.15, 0.2) is 54.6 Å². The molecule has 0 aliphatic carbocycles. The molecule has 0 radical (unpaired) electrons. The Hall–Kier alpha value is -2.33. The molecule has 0 aromatic heterocycles. The van der Waals surface area contributed by atoms with Gasteiger partial charge in [0.15, 0.2) is 0 Å². The van der Waals surface area contributed by atoms with Gasteiger partial charge in [-0.1, -0.05) is 48.5 Å². The van der Waals surface area contributed by atoms with Gasteiger partial charge in [0.05, 0.1) is 12.5 Å². The molecule has 27 heavy (non-hydrogen) atoms. The van der Waals surface area contributed by atoms with E-state index in [-0.39, 0.29) is 11.8 Å². The van der Waals surface area contributed by atoms with Gasteiger partial charge in [-0.2, -0.15) is 0 Å². The summed E-state index contributed by atoms with van der Waals surface area (Å²) in [5, 5.41) is 0. The number of piperidine rings is 1. The lowest BCUT2D eigenvalue weighted by atomic mass is 9.96. The molecule has 1 aliphatic heterocycles. The summed E-state index contributed by atoms with van der Waals surface area (Å²) in [5.74, 6) is 1.28. The van der Waals surface area contributed by atoms with E-state index in [2.05, 4.69) is 29.2 Å². The van der Waals surface area contributed by atoms with Crippen LogP contribution in [0.1, 0.15) is 30.9 Å². The number of carbonyl (C=O) groups excluding carboxylic acids is 1. The summed E-state index contributed by atoms with van der Waals surface area (Å²) >= 11 is 0. The summed E-state index contributed by atoms with van der Waals surface area (Å²) in [6.45, 7) is 6.04. The molecule has 4 nitrogen and oxygen atoms in total. The van der Waals surface area contributed by atoms with Crippen LogP contribution in [-0.2, 0) is 17.9 Å². The Bertz CT molecular complexity index is 732. The Balaban J connectivity index is 1.59. The van der Waals surface area contributed by atoms with Crippen LogP contribution in [0.3, 0.4) is 0 Å². The first-order valence-corrected chi connectivity index (χ1v) is 9.89. The van der Waals surface area contributed by atoms with Crippen LogP contribution in [0.5, 0.6) is 5.75 Å². The second kappa shape index (κ2) is 9.56. The molecular formula is C23H30N2O2. The van der Waals surface area contributed by atoms with Crippen LogP contribution < -0.4 is 4.74 Å². The Morgan fingerprint density at radius 2 is 1.89 bits per heavy atom. The molecule has 3 rings (SSSR count). The van der Waals surface area contributed by atoms with Gasteiger partial charge in [0.25, 0.3) is 0 Å². The maximum absolute atomic E-state index is 12.9. The summed E-state index contributed by atoms with van der Waals surface area (Å²) in [7, 11) is 1.92. The van der Waals surface area contributed by atoms with Gasteiger partial charge in [-0.3, -0.25) is 9.69 Å². The molecule has 1 saturated heterocycles. The molecule has 0 N–H and O–H groups in total. The number of para-hydroxylation sites is 1. The minimum atomic E-state index is 0.0757. The van der Waals surface area contributed by atoms with E-state index in [9.17, 15) is 4.79 Å². The van der Waals surface area contributed by atoms with Crippen molar-refractivity contribution in [3.63, 3.8) is 0 Å². The highest BCUT2D eigenvalue weighted by Gasteiger charge is 2.28. The van der Waals surface area contributed by atoms with Crippen molar-refractivity contribution in [2.75, 3.05) is 26.7 Å². The van der Waals surface area contributed by atoms with Gasteiger partial charge in [0.2, 0.25) is 5.91 Å². The molecule has 1 heterocycles. The minimum Gasteiger partial charge on any atom is -0.494 e. The van der Waals surface area contributed by atoms with Gasteiger partial charge in [0.1, 0.15) is 5.75 Å². The predicted molar refractivity (Wildman–Crippen MR) is 109 cm³/mol. The summed E-state index contributed by atoms with van der Waals surface area (Å²) in [5.41, 5.74) is 2.37. The lowest BCUT2D eigenvalue weighted by Crippen LogP contribution is -2.43. The minimum absolute atomic E-state index is 0.0757. The summed E-state index contributed by atoms with van der Waals surface area (Å²) in [4.78, 5) is 17.2. The lowest BCUT2D eigenvalue weighted by molar-refractivity contribution is -0.136. The van der Waals surface area contributed by atoms with Crippen molar-refractivity contribution in [2.45, 2.75) is 32.9 Å². The van der Waals surface area contributed by atoms with Gasteiger partial charge in [-0.05, 0) is 37.9 Å². The van der Waals surface area contributed by atoms with Gasteiger partial charge >= 0.3 is 0 Å². The molecule has 2 aromatic carbocycles. The molecule has 4 heteroatoms. The zero-order chi connectivity index (χ0) is 19.1. The molecule has 1 fully saturated rings. The third-order valence-electron chi connectivity index (χ3n) is 5.16. The fourth-order valence-corrected chi connectivity index (χ4v) is 3.82. The normalized spacial score (nSPS) is 17.5. The molecule has 0 bridgehead atoms. The molecule has 1 atom stereocenters. The number of rotatable bonds is 7. The number of ether oxygens (including phenoxy) is 1. The first-order valence-electron chi connectivity index (χ1n) is 9.89. The van der Waals surface area contributed by atoms with E-state index in [0.717, 1.165) is 38.2 Å². The molecule has 0 saturated carbocycles. The fourth-order valence-electron chi connectivity index (χ4n) is 3.82. The monoisotopic (exact) mass is 366 g/mol. The fraction of sp³-hybridized carbons (Fsp3) is 0.435. The summed E-state index contributed by atoms with van der Waals surface area (Å²) < 4.78 is 5.76. The predicted octanol–water partition coefficient (Wildman–Crippen LogP) is 3.96. The maximum atomic E-state index is 12.9. The molecule has 1 unspecified atom stereocenters. The Morgan fingerprint density at radius 1 is 1.15 bits per heavy atom. The number of likely N-dealkylation sites (tertiary alicyclic amines) is 1. The number of benzene rings is 2. The van der Waals surface area contributed by atoms with Gasteiger partial charge in [-0.25, -0.2) is 0 Å². The lowest BCUT2D eigenvalue weighted by Gasteiger charge is -2.34. The van der Waals surface area contributed by atoms with Gasteiger partial charge < -0.3 is 9.64 Å². The van der Waals surface area contributed by atoms with Gasteiger partial charge in [-0.15, -0.1) is 0 Å². The first kappa shape index (κ1) is 19.4. The van der Waals surface area contributed by atoms with E-state index in [0.29, 0.717) is 13.2 Å². The number of carbonyl (C=O) groups is 1. The van der Waals surface area contributed by atoms with E-state index in [1.54, 1.807) is 0 Å². The van der Waals surface area contributed by atoms with Crippen molar-refractivity contribution in [2.24, 2.45) is 5.92 Å². The maximum Gasteiger partial charge on any atom is 0.227 e. The molecule has 0 spiro atoms. The topological polar surface area (TPSA) is 32.8 Å². The van der Waals surface area contributed by atoms with Crippen LogP contribution in [0.4, 0.5) is 0 Å². The van der Waals surface area contributed by atoms with Crippen LogP contribution >= 0.6 is 0 Å². The highest BCUT2D eigenvalue weighted by molar-refractivity contribution is 5.79. The van der Waals surface area contributed by atoms with Crippen molar-refractivity contribution in [1.82, 2.24) is 9.80 Å². The second-order valence-electron chi connectivity index (χ2n) is 7.29. The van der Waals surface area contributed by atoms with Crippen LogP contribution in [-0.4, -0.2) is 42.5 Å². The molecule has 1 aliphatic rings. The van der Waals surface area contributed by atoms with Crippen LogP contribution in [0.25, 0.3) is 0 Å². The van der Waals surface area contributed by atoms with E-state index in [4.69, 9.17) is 4.74 Å². The molecule has 2 aromatic rings. The molecular weight excluding hydrogens is 336 g/mol. The standard InChI is InChI=1S/C23H30N2O2/c1-3-27-22-14-8-7-12-20(22)17-25-15-9-13-21(18-25)23(26)24(2)16-19-10-5-4-6-11-19/h4-8,10-12,14,21H,3,9,13,15-18H2,1-2H3. The molecule has 1 amide bonds. The summed E-state index contributed by atoms with van der Waals surface area (Å²) in [6, 6.07) is 18.4. The Morgan fingerprint density at radius 3 is 2.67 bits per heavy atom. The van der Waals surface area contributed by atoms with Crippen molar-refractivity contribution < 1.29 is 9.53 Å². The summed E-state index contributed by atoms with van der Waals surface area (Å²) in [6.07, 6.45) is 2.04. The average Bonchev–Trinajstić information content (AvgIpc) is 2.70. The van der Waals surface area contributed by atoms with Crippen molar-refractivity contribution in [3.8, 4) is 5.75 Å². The Kier molecular flexibility index (Phi) is 6.88. The number of hydrogen-bond donors (Lipinski definition) is 0. The third-order valence-corrected chi connectivity index (χ3v) is 5.16. The van der Waals surface area contributed by atoms with Crippen LogP contribution in [0.2, 0.25) is 0 Å². The first-order chi connectivity index (χ1) is 13.2.